The van der Waals surface area contributed by atoms with Crippen LogP contribution in [0, 0.1) is 0 Å². The number of rotatable bonds is 4. The van der Waals surface area contributed by atoms with E-state index in [1.165, 1.54) is 11.3 Å². The quantitative estimate of drug-likeness (QED) is 0.658. The zero-order valence-electron chi connectivity index (χ0n) is 13.9. The minimum absolute atomic E-state index is 0.0930. The SMILES string of the molecule is CC1CC(OC(=O)c2nc(-c3cccs3)n(-c3ccccc3)n2)C(=O)O1. The summed E-state index contributed by atoms with van der Waals surface area (Å²) in [5, 5.41) is 6.23. The molecule has 0 bridgehead atoms. The average molecular weight is 369 g/mol. The molecule has 2 atom stereocenters. The summed E-state index contributed by atoms with van der Waals surface area (Å²) in [5.41, 5.74) is 0.774. The molecule has 1 fully saturated rings. The Hall–Kier alpha value is -3.00. The summed E-state index contributed by atoms with van der Waals surface area (Å²) in [6.45, 7) is 1.75. The maximum absolute atomic E-state index is 12.5. The molecule has 1 aliphatic rings. The number of benzene rings is 1. The van der Waals surface area contributed by atoms with Crippen LogP contribution in [0.4, 0.5) is 0 Å². The van der Waals surface area contributed by atoms with Gasteiger partial charge in [-0.05, 0) is 30.5 Å². The van der Waals surface area contributed by atoms with Crippen molar-refractivity contribution in [1.29, 1.82) is 0 Å². The van der Waals surface area contributed by atoms with E-state index in [1.54, 1.807) is 11.6 Å². The molecule has 0 saturated carbocycles. The summed E-state index contributed by atoms with van der Waals surface area (Å²) >= 11 is 1.49. The molecular weight excluding hydrogens is 354 g/mol. The second-order valence-corrected chi connectivity index (χ2v) is 6.81. The van der Waals surface area contributed by atoms with Gasteiger partial charge in [-0.1, -0.05) is 24.3 Å². The Kier molecular flexibility index (Phi) is 4.26. The van der Waals surface area contributed by atoms with Crippen molar-refractivity contribution in [3.63, 3.8) is 0 Å². The predicted octanol–water partition coefficient (Wildman–Crippen LogP) is 2.86. The van der Waals surface area contributed by atoms with E-state index in [4.69, 9.17) is 9.47 Å². The van der Waals surface area contributed by atoms with Crippen LogP contribution in [-0.2, 0) is 14.3 Å². The van der Waals surface area contributed by atoms with Crippen LogP contribution in [-0.4, -0.2) is 38.9 Å². The number of ether oxygens (including phenoxy) is 2. The van der Waals surface area contributed by atoms with Gasteiger partial charge in [0.15, 0.2) is 5.82 Å². The predicted molar refractivity (Wildman–Crippen MR) is 94.0 cm³/mol. The number of carbonyl (C=O) groups is 2. The lowest BCUT2D eigenvalue weighted by Crippen LogP contribution is -2.23. The van der Waals surface area contributed by atoms with Gasteiger partial charge in [-0.3, -0.25) is 0 Å². The summed E-state index contributed by atoms with van der Waals surface area (Å²) in [4.78, 5) is 29.4. The number of hydrogen-bond acceptors (Lipinski definition) is 7. The second-order valence-electron chi connectivity index (χ2n) is 5.86. The molecular formula is C18H15N3O4S. The molecule has 1 saturated heterocycles. The highest BCUT2D eigenvalue weighted by atomic mass is 32.1. The highest BCUT2D eigenvalue weighted by Crippen LogP contribution is 2.26. The van der Waals surface area contributed by atoms with E-state index in [0.29, 0.717) is 12.2 Å². The number of hydrogen-bond donors (Lipinski definition) is 0. The van der Waals surface area contributed by atoms with Crippen molar-refractivity contribution in [2.75, 3.05) is 0 Å². The normalized spacial score (nSPS) is 19.3. The van der Waals surface area contributed by atoms with Gasteiger partial charge in [0.05, 0.1) is 10.6 Å². The van der Waals surface area contributed by atoms with E-state index >= 15 is 0 Å². The summed E-state index contributed by atoms with van der Waals surface area (Å²) in [6.07, 6.45) is -0.843. The van der Waals surface area contributed by atoms with Gasteiger partial charge >= 0.3 is 11.9 Å². The van der Waals surface area contributed by atoms with E-state index in [-0.39, 0.29) is 11.9 Å². The third kappa shape index (κ3) is 3.11. The number of carbonyl (C=O) groups excluding carboxylic acids is 2. The van der Waals surface area contributed by atoms with Crippen molar-refractivity contribution in [2.45, 2.75) is 25.6 Å². The van der Waals surface area contributed by atoms with Gasteiger partial charge in [0.2, 0.25) is 6.10 Å². The van der Waals surface area contributed by atoms with Gasteiger partial charge in [-0.2, -0.15) is 4.98 Å². The number of para-hydroxylation sites is 1. The van der Waals surface area contributed by atoms with Crippen molar-refractivity contribution < 1.29 is 19.1 Å². The summed E-state index contributed by atoms with van der Waals surface area (Å²) in [6, 6.07) is 13.2. The Labute approximate surface area is 153 Å². The second kappa shape index (κ2) is 6.72. The van der Waals surface area contributed by atoms with E-state index in [2.05, 4.69) is 10.1 Å². The van der Waals surface area contributed by atoms with Crippen LogP contribution in [0.1, 0.15) is 24.0 Å². The molecule has 1 aliphatic heterocycles. The molecule has 7 nitrogen and oxygen atoms in total. The van der Waals surface area contributed by atoms with Gasteiger partial charge in [0.25, 0.3) is 5.82 Å². The highest BCUT2D eigenvalue weighted by molar-refractivity contribution is 7.13. The Morgan fingerprint density at radius 1 is 1.27 bits per heavy atom. The Morgan fingerprint density at radius 3 is 2.73 bits per heavy atom. The van der Waals surface area contributed by atoms with Gasteiger partial charge < -0.3 is 9.47 Å². The smallest absolute Gasteiger partial charge is 0.379 e. The van der Waals surface area contributed by atoms with Crippen molar-refractivity contribution in [3.8, 4) is 16.4 Å². The van der Waals surface area contributed by atoms with Gasteiger partial charge in [0.1, 0.15) is 6.10 Å². The van der Waals surface area contributed by atoms with Crippen LogP contribution in [0.25, 0.3) is 16.4 Å². The summed E-state index contributed by atoms with van der Waals surface area (Å²) < 4.78 is 11.9. The fourth-order valence-electron chi connectivity index (χ4n) is 2.71. The van der Waals surface area contributed by atoms with Crippen molar-refractivity contribution in [1.82, 2.24) is 14.8 Å². The molecule has 8 heteroatoms. The first-order valence-corrected chi connectivity index (χ1v) is 8.97. The third-order valence-electron chi connectivity index (χ3n) is 3.91. The number of esters is 2. The zero-order chi connectivity index (χ0) is 18.1. The lowest BCUT2D eigenvalue weighted by molar-refractivity contribution is -0.147. The largest absolute Gasteiger partial charge is 0.460 e. The van der Waals surface area contributed by atoms with Crippen LogP contribution >= 0.6 is 11.3 Å². The molecule has 4 rings (SSSR count). The third-order valence-corrected chi connectivity index (χ3v) is 4.77. The maximum Gasteiger partial charge on any atom is 0.379 e. The standard InChI is InChI=1S/C18H15N3O4S/c1-11-10-13(17(22)24-11)25-18(23)15-19-16(14-8-5-9-26-14)21(20-15)12-6-3-2-4-7-12/h2-9,11,13H,10H2,1H3. The Bertz CT molecular complexity index is 937. The first kappa shape index (κ1) is 16.5. The van der Waals surface area contributed by atoms with Gasteiger partial charge in [-0.25, -0.2) is 14.3 Å². The molecule has 2 unspecified atom stereocenters. The number of thiophene rings is 1. The van der Waals surface area contributed by atoms with Crippen LogP contribution in [0.3, 0.4) is 0 Å². The lowest BCUT2D eigenvalue weighted by atomic mass is 10.2. The molecule has 3 heterocycles. The van der Waals surface area contributed by atoms with E-state index in [1.807, 2.05) is 47.8 Å². The number of cyclic esters (lactones) is 1. The fraction of sp³-hybridized carbons (Fsp3) is 0.222. The molecule has 2 aromatic heterocycles. The monoisotopic (exact) mass is 369 g/mol. The molecule has 132 valence electrons. The molecule has 0 amide bonds. The Balaban J connectivity index is 1.67. The summed E-state index contributed by atoms with van der Waals surface area (Å²) in [7, 11) is 0. The summed E-state index contributed by atoms with van der Waals surface area (Å²) in [5.74, 6) is -0.828. The van der Waals surface area contributed by atoms with Gasteiger partial charge in [0, 0.05) is 6.42 Å². The Morgan fingerprint density at radius 2 is 2.08 bits per heavy atom. The molecule has 1 aromatic carbocycles. The van der Waals surface area contributed by atoms with Crippen molar-refractivity contribution in [2.24, 2.45) is 0 Å². The molecule has 0 radical (unpaired) electrons. The highest BCUT2D eigenvalue weighted by Gasteiger charge is 2.36. The van der Waals surface area contributed by atoms with Crippen LogP contribution in [0.15, 0.2) is 47.8 Å². The van der Waals surface area contributed by atoms with E-state index in [0.717, 1.165) is 10.6 Å². The molecule has 3 aromatic rings. The first-order chi connectivity index (χ1) is 12.6. The first-order valence-electron chi connectivity index (χ1n) is 8.09. The van der Waals surface area contributed by atoms with Crippen LogP contribution < -0.4 is 0 Å². The van der Waals surface area contributed by atoms with Crippen molar-refractivity contribution in [3.05, 3.63) is 53.7 Å². The van der Waals surface area contributed by atoms with E-state index < -0.39 is 18.0 Å². The van der Waals surface area contributed by atoms with Crippen LogP contribution in [0.2, 0.25) is 0 Å². The van der Waals surface area contributed by atoms with E-state index in [9.17, 15) is 9.59 Å². The molecule has 0 N–H and O–H groups in total. The number of aromatic nitrogens is 3. The van der Waals surface area contributed by atoms with Crippen LogP contribution in [0.5, 0.6) is 0 Å². The lowest BCUT2D eigenvalue weighted by Gasteiger charge is -2.05. The number of nitrogens with zero attached hydrogens (tertiary/aromatic N) is 3. The maximum atomic E-state index is 12.5. The molecule has 0 spiro atoms. The fourth-order valence-corrected chi connectivity index (χ4v) is 3.41. The molecule has 26 heavy (non-hydrogen) atoms. The minimum atomic E-state index is -0.911. The zero-order valence-corrected chi connectivity index (χ0v) is 14.7. The minimum Gasteiger partial charge on any atom is -0.460 e. The average Bonchev–Trinajstić information content (AvgIpc) is 3.36. The molecule has 0 aliphatic carbocycles. The van der Waals surface area contributed by atoms with Gasteiger partial charge in [-0.15, -0.1) is 16.4 Å². The van der Waals surface area contributed by atoms with Crippen molar-refractivity contribution >= 4 is 23.3 Å². The topological polar surface area (TPSA) is 83.3 Å².